The molecule has 0 radical (unpaired) electrons. The van der Waals surface area contributed by atoms with E-state index in [2.05, 4.69) is 48.0 Å². The molecule has 1 fully saturated rings. The van der Waals surface area contributed by atoms with Gasteiger partial charge in [-0.15, -0.1) is 0 Å². The van der Waals surface area contributed by atoms with Crippen molar-refractivity contribution < 1.29 is 8.42 Å². The molecule has 1 heterocycles. The van der Waals surface area contributed by atoms with Crippen LogP contribution in [0.15, 0.2) is 41.7 Å². The zero-order chi connectivity index (χ0) is 18.7. The van der Waals surface area contributed by atoms with Gasteiger partial charge in [0.25, 0.3) is 0 Å². The van der Waals surface area contributed by atoms with E-state index >= 15 is 0 Å². The molecule has 1 aliphatic carbocycles. The van der Waals surface area contributed by atoms with Gasteiger partial charge in [-0.2, -0.15) is 0 Å². The lowest BCUT2D eigenvalue weighted by Crippen LogP contribution is -2.27. The van der Waals surface area contributed by atoms with E-state index in [0.29, 0.717) is 12.5 Å². The summed E-state index contributed by atoms with van der Waals surface area (Å²) < 4.78 is 26.1. The average Bonchev–Trinajstić information content (AvgIpc) is 3.28. The van der Waals surface area contributed by atoms with Crippen LogP contribution in [0.3, 0.4) is 0 Å². The maximum absolute atomic E-state index is 12.1. The van der Waals surface area contributed by atoms with Crippen LogP contribution in [-0.4, -0.2) is 35.7 Å². The molecule has 0 amide bonds. The summed E-state index contributed by atoms with van der Waals surface area (Å²) in [6, 6.07) is 10.5. The lowest BCUT2D eigenvalue weighted by Gasteiger charge is -2.24. The van der Waals surface area contributed by atoms with Crippen molar-refractivity contribution in [1.82, 2.24) is 14.5 Å². The molecule has 2 aromatic rings. The lowest BCUT2D eigenvalue weighted by atomic mass is 10.2. The second-order valence-corrected chi connectivity index (χ2v) is 9.82. The SMILES string of the molecule is CC(C)Cn1c(CN(Cc2ccccc2)CC2CC2)cnc1S(C)(=O)=O. The minimum absolute atomic E-state index is 0.187. The largest absolute Gasteiger partial charge is 0.317 e. The summed E-state index contributed by atoms with van der Waals surface area (Å²) in [6.07, 6.45) is 5.57. The van der Waals surface area contributed by atoms with Crippen LogP contribution < -0.4 is 0 Å². The Bertz CT molecular complexity index is 824. The van der Waals surface area contributed by atoms with Crippen molar-refractivity contribution in [1.29, 1.82) is 0 Å². The number of hydrogen-bond donors (Lipinski definition) is 0. The van der Waals surface area contributed by atoms with Crippen LogP contribution in [0, 0.1) is 11.8 Å². The molecule has 0 N–H and O–H groups in total. The summed E-state index contributed by atoms with van der Waals surface area (Å²) in [5, 5.41) is 0.187. The molecular weight excluding hydrogens is 346 g/mol. The molecule has 26 heavy (non-hydrogen) atoms. The molecular formula is C20H29N3O2S. The molecule has 1 saturated carbocycles. The van der Waals surface area contributed by atoms with Crippen molar-refractivity contribution in [3.05, 3.63) is 47.8 Å². The molecule has 5 nitrogen and oxygen atoms in total. The van der Waals surface area contributed by atoms with E-state index in [4.69, 9.17) is 0 Å². The average molecular weight is 376 g/mol. The van der Waals surface area contributed by atoms with Gasteiger partial charge in [0.05, 0.1) is 11.9 Å². The molecule has 0 unspecified atom stereocenters. The van der Waals surface area contributed by atoms with Crippen molar-refractivity contribution in [3.8, 4) is 0 Å². The Balaban J connectivity index is 1.84. The molecule has 142 valence electrons. The normalized spacial score (nSPS) is 15.1. The Morgan fingerprint density at radius 2 is 1.88 bits per heavy atom. The smallest absolute Gasteiger partial charge is 0.227 e. The van der Waals surface area contributed by atoms with Crippen molar-refractivity contribution in [2.24, 2.45) is 11.8 Å². The number of sulfone groups is 1. The maximum Gasteiger partial charge on any atom is 0.227 e. The third-order valence-electron chi connectivity index (χ3n) is 4.63. The predicted octanol–water partition coefficient (Wildman–Crippen LogP) is 3.35. The van der Waals surface area contributed by atoms with Crippen molar-refractivity contribution >= 4 is 9.84 Å². The Labute approximate surface area is 157 Å². The van der Waals surface area contributed by atoms with Gasteiger partial charge in [-0.25, -0.2) is 13.4 Å². The first-order valence-electron chi connectivity index (χ1n) is 9.33. The third-order valence-corrected chi connectivity index (χ3v) is 5.62. The van der Waals surface area contributed by atoms with Gasteiger partial charge < -0.3 is 4.57 Å². The highest BCUT2D eigenvalue weighted by Crippen LogP contribution is 2.31. The van der Waals surface area contributed by atoms with Crippen LogP contribution in [0.2, 0.25) is 0 Å². The number of nitrogens with zero attached hydrogens (tertiary/aromatic N) is 3. The summed E-state index contributed by atoms with van der Waals surface area (Å²) >= 11 is 0. The monoisotopic (exact) mass is 375 g/mol. The molecule has 1 aromatic carbocycles. The zero-order valence-corrected chi connectivity index (χ0v) is 16.7. The van der Waals surface area contributed by atoms with E-state index < -0.39 is 9.84 Å². The summed E-state index contributed by atoms with van der Waals surface area (Å²) in [5.41, 5.74) is 2.27. The standard InChI is InChI=1S/C20H29N3O2S/c1-16(2)12-23-19(11-21-20(23)26(3,24)25)15-22(14-18-9-10-18)13-17-7-5-4-6-8-17/h4-8,11,16,18H,9-10,12-15H2,1-3H3. The number of imidazole rings is 1. The van der Waals surface area contributed by atoms with E-state index in [9.17, 15) is 8.42 Å². The molecule has 1 aromatic heterocycles. The molecule has 0 saturated heterocycles. The maximum atomic E-state index is 12.1. The molecule has 3 rings (SSSR count). The Hall–Kier alpha value is -1.66. The highest BCUT2D eigenvalue weighted by molar-refractivity contribution is 7.90. The third kappa shape index (κ3) is 5.17. The fourth-order valence-corrected chi connectivity index (χ4v) is 4.13. The van der Waals surface area contributed by atoms with Gasteiger partial charge in [-0.3, -0.25) is 4.90 Å². The second-order valence-electron chi connectivity index (χ2n) is 7.91. The first-order valence-corrected chi connectivity index (χ1v) is 11.2. The Kier molecular flexibility index (Phi) is 5.82. The van der Waals surface area contributed by atoms with Crippen LogP contribution in [0.5, 0.6) is 0 Å². The number of hydrogen-bond acceptors (Lipinski definition) is 4. The van der Waals surface area contributed by atoms with E-state index in [1.165, 1.54) is 24.7 Å². The summed E-state index contributed by atoms with van der Waals surface area (Å²) in [7, 11) is -3.33. The number of aromatic nitrogens is 2. The molecule has 6 heteroatoms. The van der Waals surface area contributed by atoms with Gasteiger partial charge in [0.1, 0.15) is 0 Å². The first-order chi connectivity index (χ1) is 12.3. The second kappa shape index (κ2) is 7.92. The van der Waals surface area contributed by atoms with Crippen molar-refractivity contribution in [3.63, 3.8) is 0 Å². The minimum Gasteiger partial charge on any atom is -0.317 e. The van der Waals surface area contributed by atoms with Gasteiger partial charge in [-0.05, 0) is 30.2 Å². The molecule has 0 spiro atoms. The predicted molar refractivity (Wildman–Crippen MR) is 103 cm³/mol. The Morgan fingerprint density at radius 1 is 1.19 bits per heavy atom. The van der Waals surface area contributed by atoms with E-state index in [1.54, 1.807) is 6.20 Å². The molecule has 0 aliphatic heterocycles. The van der Waals surface area contributed by atoms with Gasteiger partial charge in [0, 0.05) is 32.4 Å². The topological polar surface area (TPSA) is 55.2 Å². The van der Waals surface area contributed by atoms with Gasteiger partial charge in [0.2, 0.25) is 15.0 Å². The first kappa shape index (κ1) is 19.1. The zero-order valence-electron chi connectivity index (χ0n) is 15.9. The van der Waals surface area contributed by atoms with Crippen molar-refractivity contribution in [2.45, 2.75) is 51.5 Å². The van der Waals surface area contributed by atoms with E-state index in [-0.39, 0.29) is 5.16 Å². The summed E-state index contributed by atoms with van der Waals surface area (Å²) in [6.45, 7) is 7.51. The highest BCUT2D eigenvalue weighted by Gasteiger charge is 2.26. The number of benzene rings is 1. The van der Waals surface area contributed by atoms with Crippen LogP contribution in [0.4, 0.5) is 0 Å². The lowest BCUT2D eigenvalue weighted by molar-refractivity contribution is 0.237. The van der Waals surface area contributed by atoms with Crippen LogP contribution in [0.25, 0.3) is 0 Å². The molecule has 0 bridgehead atoms. The number of rotatable bonds is 9. The van der Waals surface area contributed by atoms with Gasteiger partial charge >= 0.3 is 0 Å². The molecule has 0 atom stereocenters. The minimum atomic E-state index is -3.33. The fourth-order valence-electron chi connectivity index (χ4n) is 3.30. The quantitative estimate of drug-likeness (QED) is 0.674. The van der Waals surface area contributed by atoms with Crippen LogP contribution >= 0.6 is 0 Å². The van der Waals surface area contributed by atoms with Gasteiger partial charge in [-0.1, -0.05) is 44.2 Å². The highest BCUT2D eigenvalue weighted by atomic mass is 32.2. The van der Waals surface area contributed by atoms with E-state index in [0.717, 1.165) is 31.2 Å². The fraction of sp³-hybridized carbons (Fsp3) is 0.550. The van der Waals surface area contributed by atoms with Crippen LogP contribution in [-0.2, 0) is 29.5 Å². The summed E-state index contributed by atoms with van der Waals surface area (Å²) in [4.78, 5) is 6.67. The Morgan fingerprint density at radius 3 is 2.46 bits per heavy atom. The van der Waals surface area contributed by atoms with Crippen molar-refractivity contribution in [2.75, 3.05) is 12.8 Å². The summed E-state index contributed by atoms with van der Waals surface area (Å²) in [5.74, 6) is 1.13. The van der Waals surface area contributed by atoms with Gasteiger partial charge in [0.15, 0.2) is 0 Å². The van der Waals surface area contributed by atoms with Crippen LogP contribution in [0.1, 0.15) is 37.9 Å². The molecule has 1 aliphatic rings. The van der Waals surface area contributed by atoms with E-state index in [1.807, 2.05) is 10.6 Å².